The average molecular weight is 942 g/mol. The summed E-state index contributed by atoms with van der Waals surface area (Å²) in [5.41, 5.74) is 1.25. The number of halogens is 5. The number of amides is 2. The van der Waals surface area contributed by atoms with Gasteiger partial charge < -0.3 is 29.1 Å². The Bertz CT molecular complexity index is 1470. The van der Waals surface area contributed by atoms with Gasteiger partial charge in [-0.2, -0.15) is 0 Å². The monoisotopic (exact) mass is 938 g/mol. The maximum atomic E-state index is 12.2. The zero-order chi connectivity index (χ0) is 37.7. The highest BCUT2D eigenvalue weighted by Crippen LogP contribution is 2.41. The van der Waals surface area contributed by atoms with E-state index in [9.17, 15) is 14.7 Å². The molecule has 0 radical (unpaired) electrons. The highest BCUT2D eigenvalue weighted by Gasteiger charge is 2.44. The van der Waals surface area contributed by atoms with Crippen LogP contribution in [-0.4, -0.2) is 76.7 Å². The molecule has 8 nitrogen and oxygen atoms in total. The quantitative estimate of drug-likeness (QED) is 0.307. The Kier molecular flexibility index (Phi) is 15.5. The number of carbonyl (C=O) groups excluding carboxylic acids is 2. The first-order valence-electron chi connectivity index (χ1n) is 17.5. The molecule has 4 aliphatic rings. The zero-order valence-corrected chi connectivity index (χ0v) is 36.5. The molecule has 0 bridgehead atoms. The fraction of sp³-hybridized carbons (Fsp3) is 0.632. The molecule has 13 heteroatoms. The van der Waals surface area contributed by atoms with Crippen molar-refractivity contribution in [3.8, 4) is 0 Å². The Morgan fingerprint density at radius 1 is 0.725 bits per heavy atom. The molecule has 2 saturated heterocycles. The summed E-state index contributed by atoms with van der Waals surface area (Å²) in [6.45, 7) is 14.9. The van der Waals surface area contributed by atoms with Crippen LogP contribution in [0.3, 0.4) is 0 Å². The molecule has 6 rings (SSSR count). The second kappa shape index (κ2) is 18.5. The minimum atomic E-state index is -0.441. The molecule has 2 aliphatic carbocycles. The van der Waals surface area contributed by atoms with Crippen molar-refractivity contribution in [2.24, 2.45) is 23.7 Å². The molecule has 284 valence electrons. The summed E-state index contributed by atoms with van der Waals surface area (Å²) >= 11 is 22.3. The summed E-state index contributed by atoms with van der Waals surface area (Å²) < 4.78 is 18.8. The van der Waals surface area contributed by atoms with Crippen molar-refractivity contribution in [1.29, 1.82) is 0 Å². The van der Waals surface area contributed by atoms with Gasteiger partial charge in [0.1, 0.15) is 11.2 Å². The molecule has 2 unspecified atom stereocenters. The van der Waals surface area contributed by atoms with E-state index in [1.807, 2.05) is 82.8 Å². The minimum absolute atomic E-state index is 0.157. The first-order valence-corrected chi connectivity index (χ1v) is 21.0. The molecule has 2 amide bonds. The van der Waals surface area contributed by atoms with E-state index in [1.54, 1.807) is 4.90 Å². The number of aliphatic hydroxyl groups is 1. The van der Waals surface area contributed by atoms with Crippen LogP contribution in [0.4, 0.5) is 9.59 Å². The van der Waals surface area contributed by atoms with Crippen molar-refractivity contribution >= 4 is 83.2 Å². The first-order chi connectivity index (χ1) is 23.8. The van der Waals surface area contributed by atoms with E-state index in [4.69, 9.17) is 37.4 Å². The van der Waals surface area contributed by atoms with E-state index >= 15 is 0 Å². The number of hydrogen-bond donors (Lipinski definition) is 1. The molecule has 2 aliphatic heterocycles. The van der Waals surface area contributed by atoms with Crippen LogP contribution in [0.25, 0.3) is 0 Å². The lowest BCUT2D eigenvalue weighted by atomic mass is 10.0. The van der Waals surface area contributed by atoms with E-state index in [0.29, 0.717) is 30.3 Å². The number of fused-ring (bicyclic) bond motifs is 2. The van der Waals surface area contributed by atoms with E-state index in [1.165, 1.54) is 0 Å². The van der Waals surface area contributed by atoms with Crippen LogP contribution in [0.5, 0.6) is 0 Å². The third-order valence-electron chi connectivity index (χ3n) is 9.42. The van der Waals surface area contributed by atoms with E-state index < -0.39 is 11.2 Å². The Hall–Kier alpha value is -1.08. The molecule has 1 N–H and O–H groups in total. The zero-order valence-electron chi connectivity index (χ0n) is 30.3. The average Bonchev–Trinajstić information content (AvgIpc) is 3.78. The SMILES string of the molecule is CC(C)(C)OC(=O)N1C[C@H]2CC(O)C[C@H]2C1.CC(C)(C)OC(=O)N1C[C@H]2CC(OCc3cccc(Br)c3Cl)C[C@H]2C1.Clc1c(Br)cccc1CBr. The highest BCUT2D eigenvalue weighted by atomic mass is 79.9. The fourth-order valence-electron chi connectivity index (χ4n) is 7.12. The summed E-state index contributed by atoms with van der Waals surface area (Å²) in [5, 5.41) is 11.8. The topological polar surface area (TPSA) is 88.5 Å². The van der Waals surface area contributed by atoms with Gasteiger partial charge in [-0.25, -0.2) is 9.59 Å². The van der Waals surface area contributed by atoms with E-state index in [-0.39, 0.29) is 24.4 Å². The van der Waals surface area contributed by atoms with Crippen molar-refractivity contribution < 1.29 is 28.9 Å². The lowest BCUT2D eigenvalue weighted by Gasteiger charge is -2.25. The summed E-state index contributed by atoms with van der Waals surface area (Å²) in [6.07, 6.45) is 3.34. The normalized spacial score (nSPS) is 25.3. The van der Waals surface area contributed by atoms with Gasteiger partial charge in [0.2, 0.25) is 0 Å². The van der Waals surface area contributed by atoms with Crippen LogP contribution in [0, 0.1) is 23.7 Å². The Morgan fingerprint density at radius 3 is 1.51 bits per heavy atom. The second-order valence-corrected chi connectivity index (χ2v) is 18.9. The number of rotatable bonds is 4. The van der Waals surface area contributed by atoms with Gasteiger partial charge in [0.05, 0.1) is 28.9 Å². The summed E-state index contributed by atoms with van der Waals surface area (Å²) in [7, 11) is 0. The molecule has 0 spiro atoms. The van der Waals surface area contributed by atoms with Crippen LogP contribution < -0.4 is 0 Å². The van der Waals surface area contributed by atoms with Gasteiger partial charge in [0.25, 0.3) is 0 Å². The van der Waals surface area contributed by atoms with Crippen molar-refractivity contribution in [3.05, 3.63) is 66.5 Å². The third kappa shape index (κ3) is 12.7. The molecule has 0 aromatic heterocycles. The smallest absolute Gasteiger partial charge is 0.410 e. The third-order valence-corrected chi connectivity index (χ3v) is 12.7. The van der Waals surface area contributed by atoms with Crippen molar-refractivity contribution in [3.63, 3.8) is 0 Å². The largest absolute Gasteiger partial charge is 0.444 e. The first kappa shape index (κ1) is 42.7. The molecule has 2 aromatic carbocycles. The van der Waals surface area contributed by atoms with Gasteiger partial charge in [-0.15, -0.1) is 0 Å². The lowest BCUT2D eigenvalue weighted by Crippen LogP contribution is -2.36. The van der Waals surface area contributed by atoms with Crippen molar-refractivity contribution in [2.75, 3.05) is 26.2 Å². The van der Waals surface area contributed by atoms with Gasteiger partial charge in [-0.05, 0) is 146 Å². The van der Waals surface area contributed by atoms with Crippen molar-refractivity contribution in [1.82, 2.24) is 9.80 Å². The Balaban J connectivity index is 0.000000191. The molecule has 2 aromatic rings. The van der Waals surface area contributed by atoms with Gasteiger partial charge in [-0.3, -0.25) is 0 Å². The predicted molar refractivity (Wildman–Crippen MR) is 214 cm³/mol. The maximum absolute atomic E-state index is 12.2. The van der Waals surface area contributed by atoms with Crippen LogP contribution in [0.1, 0.15) is 78.4 Å². The van der Waals surface area contributed by atoms with E-state index in [0.717, 1.165) is 87.3 Å². The molecule has 6 atom stereocenters. The van der Waals surface area contributed by atoms with Gasteiger partial charge in [0.15, 0.2) is 0 Å². The number of alkyl halides is 1. The van der Waals surface area contributed by atoms with E-state index in [2.05, 4.69) is 47.8 Å². The Morgan fingerprint density at radius 2 is 1.12 bits per heavy atom. The fourth-order valence-corrected chi connectivity index (χ4v) is 8.94. The van der Waals surface area contributed by atoms with Crippen LogP contribution in [-0.2, 0) is 26.1 Å². The number of benzene rings is 2. The van der Waals surface area contributed by atoms with Gasteiger partial charge >= 0.3 is 12.2 Å². The number of hydrogen-bond acceptors (Lipinski definition) is 6. The Labute approximate surface area is 338 Å². The predicted octanol–water partition coefficient (Wildman–Crippen LogP) is 10.9. The maximum Gasteiger partial charge on any atom is 0.410 e. The highest BCUT2D eigenvalue weighted by molar-refractivity contribution is 9.11. The number of aliphatic hydroxyl groups excluding tert-OH is 1. The summed E-state index contributed by atoms with van der Waals surface area (Å²) in [5.74, 6) is 1.97. The second-order valence-electron chi connectivity index (χ2n) is 15.9. The van der Waals surface area contributed by atoms with Crippen LogP contribution in [0.2, 0.25) is 10.0 Å². The molecule has 2 saturated carbocycles. The molecule has 2 heterocycles. The summed E-state index contributed by atoms with van der Waals surface area (Å²) in [6, 6.07) is 11.8. The molecular formula is C38H51Br3Cl2N2O6. The summed E-state index contributed by atoms with van der Waals surface area (Å²) in [4.78, 5) is 27.7. The van der Waals surface area contributed by atoms with Crippen LogP contribution >= 0.6 is 71.0 Å². The number of carbonyl (C=O) groups is 2. The minimum Gasteiger partial charge on any atom is -0.444 e. The molecular weight excluding hydrogens is 891 g/mol. The standard InChI is InChI=1S/C19H25BrClNO3.C12H21NO3.C7H5Br2Cl/c1-19(2,3)25-18(23)22-9-13-7-15(8-14(13)10-22)24-11-12-5-4-6-16(20)17(12)21;1-12(2,3)16-11(15)13-6-8-4-10(14)5-9(8)7-13;8-4-5-2-1-3-6(9)7(5)10/h4-6,13-15H,7-11H2,1-3H3;8-10,14H,4-7H2,1-3H3;1-3H,4H2/t13-,14+,15?;8-,9+,10?;. The van der Waals surface area contributed by atoms with Gasteiger partial charge in [-0.1, -0.05) is 63.4 Å². The lowest BCUT2D eigenvalue weighted by molar-refractivity contribution is 0.0205. The number of ether oxygens (including phenoxy) is 3. The molecule has 4 fully saturated rings. The number of likely N-dealkylation sites (tertiary alicyclic amines) is 2. The number of nitrogens with zero attached hydrogens (tertiary/aromatic N) is 2. The van der Waals surface area contributed by atoms with Crippen molar-refractivity contribution in [2.45, 2.75) is 103 Å². The molecule has 51 heavy (non-hydrogen) atoms. The van der Waals surface area contributed by atoms with Crippen LogP contribution in [0.15, 0.2) is 45.3 Å². The van der Waals surface area contributed by atoms with Gasteiger partial charge in [0, 0.05) is 40.5 Å².